The van der Waals surface area contributed by atoms with Crippen LogP contribution in [0, 0.1) is 0 Å². The minimum Gasteiger partial charge on any atom is -0.497 e. The van der Waals surface area contributed by atoms with Gasteiger partial charge in [0.25, 0.3) is 11.5 Å². The van der Waals surface area contributed by atoms with Crippen LogP contribution in [0.4, 0.5) is 0 Å². The van der Waals surface area contributed by atoms with E-state index < -0.39 is 11.9 Å². The van der Waals surface area contributed by atoms with Crippen LogP contribution in [-0.2, 0) is 9.59 Å². The number of para-hydroxylation sites is 1. The van der Waals surface area contributed by atoms with Gasteiger partial charge < -0.3 is 18.9 Å². The number of fused-ring (bicyclic) bond motifs is 1. The largest absolute Gasteiger partial charge is 0.497 e. The van der Waals surface area contributed by atoms with Crippen LogP contribution in [0.5, 0.6) is 23.0 Å². The van der Waals surface area contributed by atoms with Gasteiger partial charge in [0.15, 0.2) is 16.7 Å². The van der Waals surface area contributed by atoms with Crippen LogP contribution in [0.15, 0.2) is 75.7 Å². The highest BCUT2D eigenvalue weighted by Gasteiger charge is 2.17. The highest BCUT2D eigenvalue weighted by Crippen LogP contribution is 2.38. The molecule has 1 heterocycles. The SMILES string of the molecule is COc1ccc(-n2c(SCC(=O)N/N=C/c3cc(OC)c(OC(C)=O)c(OC)c3)nc3ccccc3c2=O)cc1. The Bertz CT molecular complexity index is 1610. The lowest BCUT2D eigenvalue weighted by Crippen LogP contribution is -2.24. The molecule has 0 unspecified atom stereocenters. The summed E-state index contributed by atoms with van der Waals surface area (Å²) in [5.74, 6) is 0.306. The van der Waals surface area contributed by atoms with Crippen molar-refractivity contribution in [3.8, 4) is 28.7 Å². The van der Waals surface area contributed by atoms with Gasteiger partial charge in [-0.2, -0.15) is 5.10 Å². The molecule has 0 saturated heterocycles. The second-order valence-corrected chi connectivity index (χ2v) is 9.12. The van der Waals surface area contributed by atoms with Gasteiger partial charge in [0.2, 0.25) is 5.75 Å². The molecule has 0 aliphatic rings. The number of nitrogens with zero attached hydrogens (tertiary/aromatic N) is 3. The van der Waals surface area contributed by atoms with E-state index in [1.165, 1.54) is 31.9 Å². The van der Waals surface area contributed by atoms with E-state index in [1.54, 1.807) is 67.8 Å². The maximum Gasteiger partial charge on any atom is 0.308 e. The van der Waals surface area contributed by atoms with E-state index >= 15 is 0 Å². The molecule has 0 aliphatic heterocycles. The average Bonchev–Trinajstić information content (AvgIpc) is 2.96. The van der Waals surface area contributed by atoms with Crippen LogP contribution in [0.1, 0.15) is 12.5 Å². The van der Waals surface area contributed by atoms with Crippen molar-refractivity contribution in [1.82, 2.24) is 15.0 Å². The first-order valence-electron chi connectivity index (χ1n) is 11.9. The lowest BCUT2D eigenvalue weighted by molar-refractivity contribution is -0.132. The number of hydrazone groups is 1. The van der Waals surface area contributed by atoms with E-state index in [4.69, 9.17) is 18.9 Å². The number of nitrogens with one attached hydrogen (secondary N) is 1. The number of hydrogen-bond acceptors (Lipinski definition) is 10. The predicted octanol–water partition coefficient (Wildman–Crippen LogP) is 3.58. The molecule has 0 fully saturated rings. The summed E-state index contributed by atoms with van der Waals surface area (Å²) in [6.45, 7) is 1.27. The molecule has 0 saturated carbocycles. The normalized spacial score (nSPS) is 10.9. The second kappa shape index (κ2) is 12.8. The Kier molecular flexibility index (Phi) is 9.02. The molecule has 0 aliphatic carbocycles. The Morgan fingerprint density at radius 3 is 2.30 bits per heavy atom. The third-order valence-electron chi connectivity index (χ3n) is 5.54. The van der Waals surface area contributed by atoms with E-state index in [2.05, 4.69) is 15.5 Å². The molecular formula is C28H26N4O7S. The molecule has 11 nitrogen and oxygen atoms in total. The van der Waals surface area contributed by atoms with Gasteiger partial charge in [-0.15, -0.1) is 0 Å². The summed E-state index contributed by atoms with van der Waals surface area (Å²) >= 11 is 1.10. The van der Waals surface area contributed by atoms with Crippen molar-refractivity contribution in [2.24, 2.45) is 5.10 Å². The Morgan fingerprint density at radius 2 is 1.68 bits per heavy atom. The number of carbonyl (C=O) groups excluding carboxylic acids is 2. The lowest BCUT2D eigenvalue weighted by atomic mass is 10.2. The number of methoxy groups -OCH3 is 3. The summed E-state index contributed by atoms with van der Waals surface area (Å²) in [5.41, 5.74) is 3.85. The molecule has 4 rings (SSSR count). The molecular weight excluding hydrogens is 536 g/mol. The molecule has 1 N–H and O–H groups in total. The van der Waals surface area contributed by atoms with Gasteiger partial charge in [-0.05, 0) is 48.5 Å². The van der Waals surface area contributed by atoms with Gasteiger partial charge in [0.05, 0.1) is 49.9 Å². The molecule has 0 spiro atoms. The quantitative estimate of drug-likeness (QED) is 0.0770. The number of ether oxygens (including phenoxy) is 4. The third kappa shape index (κ3) is 6.41. The molecule has 0 radical (unpaired) electrons. The molecule has 0 bridgehead atoms. The Morgan fingerprint density at radius 1 is 1.00 bits per heavy atom. The first kappa shape index (κ1) is 28.2. The zero-order valence-corrected chi connectivity index (χ0v) is 23.0. The summed E-state index contributed by atoms with van der Waals surface area (Å²) in [7, 11) is 4.41. The van der Waals surface area contributed by atoms with Crippen molar-refractivity contribution in [3.05, 3.63) is 76.6 Å². The fourth-order valence-corrected chi connectivity index (χ4v) is 4.53. The van der Waals surface area contributed by atoms with Gasteiger partial charge in [0, 0.05) is 12.5 Å². The van der Waals surface area contributed by atoms with E-state index in [9.17, 15) is 14.4 Å². The molecule has 40 heavy (non-hydrogen) atoms. The van der Waals surface area contributed by atoms with E-state index in [0.29, 0.717) is 33.1 Å². The van der Waals surface area contributed by atoms with E-state index in [1.807, 2.05) is 0 Å². The number of aromatic nitrogens is 2. The molecule has 0 atom stereocenters. The van der Waals surface area contributed by atoms with Crippen LogP contribution in [0.25, 0.3) is 16.6 Å². The van der Waals surface area contributed by atoms with Crippen LogP contribution in [0.2, 0.25) is 0 Å². The Balaban J connectivity index is 1.52. The van der Waals surface area contributed by atoms with Gasteiger partial charge >= 0.3 is 5.97 Å². The average molecular weight is 563 g/mol. The zero-order chi connectivity index (χ0) is 28.6. The third-order valence-corrected chi connectivity index (χ3v) is 6.48. The van der Waals surface area contributed by atoms with Crippen molar-refractivity contribution in [2.75, 3.05) is 27.1 Å². The van der Waals surface area contributed by atoms with Crippen LogP contribution in [0.3, 0.4) is 0 Å². The number of hydrogen-bond donors (Lipinski definition) is 1. The van der Waals surface area contributed by atoms with Gasteiger partial charge in [-0.1, -0.05) is 23.9 Å². The molecule has 1 amide bonds. The number of carbonyl (C=O) groups is 2. The van der Waals surface area contributed by atoms with Crippen molar-refractivity contribution in [2.45, 2.75) is 12.1 Å². The molecule has 12 heteroatoms. The van der Waals surface area contributed by atoms with Crippen LogP contribution >= 0.6 is 11.8 Å². The van der Waals surface area contributed by atoms with Crippen molar-refractivity contribution in [3.63, 3.8) is 0 Å². The molecule has 3 aromatic carbocycles. The summed E-state index contributed by atoms with van der Waals surface area (Å²) in [4.78, 5) is 42.0. The zero-order valence-electron chi connectivity index (χ0n) is 22.2. The summed E-state index contributed by atoms with van der Waals surface area (Å²) in [5, 5.41) is 4.81. The fraction of sp³-hybridized carbons (Fsp3) is 0.179. The fourth-order valence-electron chi connectivity index (χ4n) is 3.73. The summed E-state index contributed by atoms with van der Waals surface area (Å²) in [6.07, 6.45) is 1.40. The van der Waals surface area contributed by atoms with Crippen molar-refractivity contribution >= 4 is 40.8 Å². The van der Waals surface area contributed by atoms with Crippen LogP contribution < -0.4 is 29.9 Å². The Labute approximate surface area is 233 Å². The highest BCUT2D eigenvalue weighted by molar-refractivity contribution is 7.99. The monoisotopic (exact) mass is 562 g/mol. The number of thioether (sulfide) groups is 1. The number of esters is 1. The first-order valence-corrected chi connectivity index (χ1v) is 12.9. The summed E-state index contributed by atoms with van der Waals surface area (Å²) < 4.78 is 22.5. The summed E-state index contributed by atoms with van der Waals surface area (Å²) in [6, 6.07) is 17.2. The minimum atomic E-state index is -0.527. The maximum atomic E-state index is 13.4. The van der Waals surface area contributed by atoms with Gasteiger partial charge in [-0.25, -0.2) is 10.4 Å². The van der Waals surface area contributed by atoms with Crippen LogP contribution in [-0.4, -0.2) is 54.7 Å². The minimum absolute atomic E-state index is 0.0592. The maximum absolute atomic E-state index is 13.4. The van der Waals surface area contributed by atoms with Gasteiger partial charge in [-0.3, -0.25) is 19.0 Å². The number of benzene rings is 3. The molecule has 4 aromatic rings. The van der Waals surface area contributed by atoms with E-state index in [-0.39, 0.29) is 28.6 Å². The smallest absolute Gasteiger partial charge is 0.308 e. The standard InChI is InChI=1S/C28H26N4O7S/c1-17(33)39-26-23(37-3)13-18(14-24(26)38-4)15-29-31-25(34)16-40-28-30-22-8-6-5-7-21(22)27(35)32(28)19-9-11-20(36-2)12-10-19/h5-15H,16H2,1-4H3,(H,31,34)/b29-15+. The number of rotatable bonds is 10. The lowest BCUT2D eigenvalue weighted by Gasteiger charge is -2.13. The van der Waals surface area contributed by atoms with E-state index in [0.717, 1.165) is 11.8 Å². The second-order valence-electron chi connectivity index (χ2n) is 8.18. The predicted molar refractivity (Wildman–Crippen MR) is 151 cm³/mol. The number of amides is 1. The van der Waals surface area contributed by atoms with Crippen molar-refractivity contribution < 1.29 is 28.5 Å². The molecule has 1 aromatic heterocycles. The first-order chi connectivity index (χ1) is 19.3. The highest BCUT2D eigenvalue weighted by atomic mass is 32.2. The molecule has 206 valence electrons. The Hall–Kier alpha value is -4.84. The topological polar surface area (TPSA) is 130 Å². The van der Waals surface area contributed by atoms with Crippen molar-refractivity contribution in [1.29, 1.82) is 0 Å². The van der Waals surface area contributed by atoms with Gasteiger partial charge in [0.1, 0.15) is 5.75 Å².